The van der Waals surface area contributed by atoms with Gasteiger partial charge in [-0.15, -0.1) is 0 Å². The average molecular weight is 273 g/mol. The second-order valence-electron chi connectivity index (χ2n) is 6.31. The van der Waals surface area contributed by atoms with Crippen LogP contribution in [-0.2, 0) is 9.84 Å². The van der Waals surface area contributed by atoms with Crippen molar-refractivity contribution in [2.75, 3.05) is 18.1 Å². The van der Waals surface area contributed by atoms with Gasteiger partial charge >= 0.3 is 0 Å². The minimum atomic E-state index is -2.73. The maximum Gasteiger partial charge on any atom is 0.150 e. The van der Waals surface area contributed by atoms with Gasteiger partial charge < -0.3 is 5.32 Å². The fourth-order valence-electron chi connectivity index (χ4n) is 3.69. The van der Waals surface area contributed by atoms with E-state index in [0.717, 1.165) is 25.3 Å². The average Bonchev–Trinajstić information content (AvgIpc) is 2.68. The predicted octanol–water partition coefficient (Wildman–Crippen LogP) is 2.23. The number of rotatable bonds is 4. The van der Waals surface area contributed by atoms with Crippen LogP contribution in [0.3, 0.4) is 0 Å². The van der Waals surface area contributed by atoms with E-state index in [1.54, 1.807) is 0 Å². The van der Waals surface area contributed by atoms with Gasteiger partial charge in [0.1, 0.15) is 0 Å². The first-order chi connectivity index (χ1) is 8.52. The van der Waals surface area contributed by atoms with Gasteiger partial charge in [0.25, 0.3) is 0 Å². The number of hydrogen-bond donors (Lipinski definition) is 1. The van der Waals surface area contributed by atoms with Gasteiger partial charge in [-0.05, 0) is 56.4 Å². The minimum absolute atomic E-state index is 0.409. The molecule has 0 aromatic heterocycles. The largest absolute Gasteiger partial charge is 0.314 e. The highest BCUT2D eigenvalue weighted by Crippen LogP contribution is 2.38. The molecule has 4 heteroatoms. The second kappa shape index (κ2) is 5.91. The summed E-state index contributed by atoms with van der Waals surface area (Å²) in [6.45, 7) is 5.56. The molecule has 1 aliphatic heterocycles. The molecule has 1 saturated heterocycles. The van der Waals surface area contributed by atoms with Gasteiger partial charge in [0.2, 0.25) is 0 Å². The van der Waals surface area contributed by atoms with Crippen LogP contribution in [0.15, 0.2) is 0 Å². The van der Waals surface area contributed by atoms with Crippen LogP contribution in [0.25, 0.3) is 0 Å². The molecule has 2 fully saturated rings. The molecule has 0 amide bonds. The molecule has 0 radical (unpaired) electrons. The van der Waals surface area contributed by atoms with Gasteiger partial charge in [0.05, 0.1) is 11.5 Å². The van der Waals surface area contributed by atoms with Crippen LogP contribution in [0, 0.1) is 17.8 Å². The highest BCUT2D eigenvalue weighted by molar-refractivity contribution is 7.91. The molecular formula is C14H27NO2S. The third-order valence-corrected chi connectivity index (χ3v) is 6.49. The van der Waals surface area contributed by atoms with Crippen molar-refractivity contribution < 1.29 is 8.42 Å². The molecule has 2 aliphatic rings. The van der Waals surface area contributed by atoms with Gasteiger partial charge in [-0.25, -0.2) is 8.42 Å². The Labute approximate surface area is 112 Å². The molecule has 2 rings (SSSR count). The van der Waals surface area contributed by atoms with E-state index in [0.29, 0.717) is 29.4 Å². The van der Waals surface area contributed by atoms with Crippen molar-refractivity contribution in [3.8, 4) is 0 Å². The third kappa shape index (κ3) is 3.47. The maximum absolute atomic E-state index is 11.7. The second-order valence-corrected chi connectivity index (χ2v) is 8.53. The molecule has 0 bridgehead atoms. The van der Waals surface area contributed by atoms with E-state index in [4.69, 9.17) is 0 Å². The van der Waals surface area contributed by atoms with E-state index in [2.05, 4.69) is 19.2 Å². The quantitative estimate of drug-likeness (QED) is 0.854. The van der Waals surface area contributed by atoms with Crippen LogP contribution in [0.5, 0.6) is 0 Å². The Hall–Kier alpha value is -0.0900. The number of nitrogens with one attached hydrogen (secondary N) is 1. The number of sulfone groups is 1. The molecule has 1 aliphatic carbocycles. The summed E-state index contributed by atoms with van der Waals surface area (Å²) >= 11 is 0. The molecule has 1 saturated carbocycles. The Kier molecular flexibility index (Phi) is 4.70. The van der Waals surface area contributed by atoms with Crippen molar-refractivity contribution >= 4 is 9.84 Å². The summed E-state index contributed by atoms with van der Waals surface area (Å²) in [5.74, 6) is 2.61. The van der Waals surface area contributed by atoms with Gasteiger partial charge in [0, 0.05) is 6.04 Å². The smallest absolute Gasteiger partial charge is 0.150 e. The third-order valence-electron chi connectivity index (χ3n) is 4.69. The lowest BCUT2D eigenvalue weighted by molar-refractivity contribution is 0.161. The summed E-state index contributed by atoms with van der Waals surface area (Å²) in [6, 6.07) is 0.555. The Morgan fingerprint density at radius 3 is 2.61 bits per heavy atom. The molecule has 4 atom stereocenters. The zero-order valence-corrected chi connectivity index (χ0v) is 12.5. The van der Waals surface area contributed by atoms with Crippen LogP contribution < -0.4 is 5.32 Å². The maximum atomic E-state index is 11.7. The highest BCUT2D eigenvalue weighted by Gasteiger charge is 2.39. The highest BCUT2D eigenvalue weighted by atomic mass is 32.2. The molecule has 1 heterocycles. The number of hydrogen-bond acceptors (Lipinski definition) is 3. The predicted molar refractivity (Wildman–Crippen MR) is 75.3 cm³/mol. The Balaban J connectivity index is 2.01. The van der Waals surface area contributed by atoms with Gasteiger partial charge in [-0.1, -0.05) is 13.8 Å². The van der Waals surface area contributed by atoms with Crippen molar-refractivity contribution in [1.29, 1.82) is 0 Å². The summed E-state index contributed by atoms with van der Waals surface area (Å²) in [5.41, 5.74) is 0. The Morgan fingerprint density at radius 2 is 2.00 bits per heavy atom. The Morgan fingerprint density at radius 1 is 1.22 bits per heavy atom. The van der Waals surface area contributed by atoms with E-state index in [9.17, 15) is 8.42 Å². The zero-order chi connectivity index (χ0) is 13.2. The summed E-state index contributed by atoms with van der Waals surface area (Å²) in [4.78, 5) is 0. The first kappa shape index (κ1) is 14.3. The van der Waals surface area contributed by atoms with Crippen molar-refractivity contribution in [1.82, 2.24) is 5.32 Å². The van der Waals surface area contributed by atoms with Crippen molar-refractivity contribution in [2.45, 2.75) is 52.0 Å². The van der Waals surface area contributed by atoms with E-state index >= 15 is 0 Å². The van der Waals surface area contributed by atoms with Crippen molar-refractivity contribution in [3.05, 3.63) is 0 Å². The van der Waals surface area contributed by atoms with E-state index in [-0.39, 0.29) is 0 Å². The van der Waals surface area contributed by atoms with Crippen LogP contribution in [0.1, 0.15) is 46.0 Å². The van der Waals surface area contributed by atoms with Gasteiger partial charge in [0.15, 0.2) is 9.84 Å². The van der Waals surface area contributed by atoms with E-state index < -0.39 is 9.84 Å². The summed E-state index contributed by atoms with van der Waals surface area (Å²) in [5, 5.41) is 3.65. The minimum Gasteiger partial charge on any atom is -0.314 e. The van der Waals surface area contributed by atoms with Crippen LogP contribution in [0.4, 0.5) is 0 Å². The van der Waals surface area contributed by atoms with Crippen LogP contribution >= 0.6 is 0 Å². The van der Waals surface area contributed by atoms with Crippen molar-refractivity contribution in [3.63, 3.8) is 0 Å². The van der Waals surface area contributed by atoms with Crippen molar-refractivity contribution in [2.24, 2.45) is 17.8 Å². The normalized spacial score (nSPS) is 39.9. The van der Waals surface area contributed by atoms with Gasteiger partial charge in [-0.3, -0.25) is 0 Å². The van der Waals surface area contributed by atoms with Gasteiger partial charge in [-0.2, -0.15) is 0 Å². The molecule has 106 valence electrons. The topological polar surface area (TPSA) is 46.2 Å². The fourth-order valence-corrected chi connectivity index (χ4v) is 5.59. The molecule has 4 unspecified atom stereocenters. The molecule has 3 nitrogen and oxygen atoms in total. The lowest BCUT2D eigenvalue weighted by Crippen LogP contribution is -2.44. The summed E-state index contributed by atoms with van der Waals surface area (Å²) in [6.07, 6.45) is 5.77. The lowest BCUT2D eigenvalue weighted by Gasteiger charge is -2.38. The SMILES string of the molecule is CCCNC1CCC(C)CC1C1CCS(=O)(=O)C1. The van der Waals surface area contributed by atoms with E-state index in [1.807, 2.05) is 0 Å². The monoisotopic (exact) mass is 273 g/mol. The first-order valence-corrected chi connectivity index (χ1v) is 9.27. The zero-order valence-electron chi connectivity index (χ0n) is 11.7. The standard InChI is InChI=1S/C14H27NO2S/c1-3-7-15-14-5-4-11(2)9-13(14)12-6-8-18(16,17)10-12/h11-15H,3-10H2,1-2H3. The molecule has 0 aromatic carbocycles. The molecule has 1 N–H and O–H groups in total. The van der Waals surface area contributed by atoms with Crippen LogP contribution in [-0.4, -0.2) is 32.5 Å². The Bertz CT molecular complexity index is 364. The molecular weight excluding hydrogens is 246 g/mol. The van der Waals surface area contributed by atoms with E-state index in [1.165, 1.54) is 19.3 Å². The summed E-state index contributed by atoms with van der Waals surface area (Å²) < 4.78 is 23.3. The fraction of sp³-hybridized carbons (Fsp3) is 1.00. The molecule has 18 heavy (non-hydrogen) atoms. The summed E-state index contributed by atoms with van der Waals surface area (Å²) in [7, 11) is -2.73. The first-order valence-electron chi connectivity index (χ1n) is 7.45. The lowest BCUT2D eigenvalue weighted by atomic mass is 9.72. The molecule has 0 aromatic rings. The molecule has 0 spiro atoms. The van der Waals surface area contributed by atoms with Crippen LogP contribution in [0.2, 0.25) is 0 Å².